The molecule has 0 radical (unpaired) electrons. The standard InChI is InChI=1S/C14H10F2INO2/c1-7-4-10(16)12(6-9(7)15)18-14(20)8-2-3-11(17)13(19)5-8/h2-6,19H,1H3,(H,18,20). The van der Waals surface area contributed by atoms with Gasteiger partial charge in [0.1, 0.15) is 17.4 Å². The maximum Gasteiger partial charge on any atom is 0.255 e. The highest BCUT2D eigenvalue weighted by Gasteiger charge is 2.13. The van der Waals surface area contributed by atoms with Gasteiger partial charge in [-0.15, -0.1) is 0 Å². The molecule has 3 nitrogen and oxygen atoms in total. The number of hydrogen-bond donors (Lipinski definition) is 2. The Balaban J connectivity index is 2.27. The van der Waals surface area contributed by atoms with Gasteiger partial charge in [0, 0.05) is 11.6 Å². The number of carbonyl (C=O) groups excluding carboxylic acids is 1. The molecule has 0 saturated heterocycles. The molecule has 20 heavy (non-hydrogen) atoms. The van der Waals surface area contributed by atoms with Gasteiger partial charge in [-0.05, 0) is 59.3 Å². The summed E-state index contributed by atoms with van der Waals surface area (Å²) < 4.78 is 27.6. The first-order chi connectivity index (χ1) is 9.38. The number of amides is 1. The predicted molar refractivity (Wildman–Crippen MR) is 79.9 cm³/mol. The van der Waals surface area contributed by atoms with Crippen LogP contribution in [0.25, 0.3) is 0 Å². The fourth-order valence-corrected chi connectivity index (χ4v) is 1.93. The van der Waals surface area contributed by atoms with Gasteiger partial charge < -0.3 is 10.4 Å². The van der Waals surface area contributed by atoms with Crippen molar-refractivity contribution in [2.24, 2.45) is 0 Å². The number of phenols is 1. The van der Waals surface area contributed by atoms with Crippen LogP contribution in [0.4, 0.5) is 14.5 Å². The predicted octanol–water partition coefficient (Wildman–Crippen LogP) is 3.84. The van der Waals surface area contributed by atoms with Gasteiger partial charge in [-0.2, -0.15) is 0 Å². The lowest BCUT2D eigenvalue weighted by atomic mass is 10.1. The molecule has 2 rings (SSSR count). The van der Waals surface area contributed by atoms with Crippen LogP contribution in [-0.4, -0.2) is 11.0 Å². The Kier molecular flexibility index (Phi) is 4.22. The molecular formula is C14H10F2INO2. The van der Waals surface area contributed by atoms with Crippen LogP contribution in [0.5, 0.6) is 5.75 Å². The molecule has 0 aliphatic rings. The minimum absolute atomic E-state index is 0.0474. The van der Waals surface area contributed by atoms with Crippen LogP contribution in [0.15, 0.2) is 30.3 Å². The second-order valence-corrected chi connectivity index (χ2v) is 5.36. The number of nitrogens with one attached hydrogen (secondary N) is 1. The molecule has 0 aliphatic heterocycles. The number of carbonyl (C=O) groups is 1. The number of phenolic OH excluding ortho intramolecular Hbond substituents is 1. The fourth-order valence-electron chi connectivity index (χ4n) is 1.59. The van der Waals surface area contributed by atoms with Crippen molar-refractivity contribution in [1.82, 2.24) is 0 Å². The van der Waals surface area contributed by atoms with E-state index in [1.807, 2.05) is 22.6 Å². The summed E-state index contributed by atoms with van der Waals surface area (Å²) in [6, 6.07) is 6.24. The lowest BCUT2D eigenvalue weighted by Crippen LogP contribution is -2.13. The summed E-state index contributed by atoms with van der Waals surface area (Å²) in [5, 5.41) is 11.8. The fraction of sp³-hybridized carbons (Fsp3) is 0.0714. The first-order valence-electron chi connectivity index (χ1n) is 5.64. The Bertz CT molecular complexity index is 689. The van der Waals surface area contributed by atoms with Gasteiger partial charge >= 0.3 is 0 Å². The van der Waals surface area contributed by atoms with Gasteiger partial charge in [0.25, 0.3) is 5.91 Å². The minimum Gasteiger partial charge on any atom is -0.507 e. The van der Waals surface area contributed by atoms with E-state index >= 15 is 0 Å². The van der Waals surface area contributed by atoms with Crippen molar-refractivity contribution in [3.63, 3.8) is 0 Å². The zero-order chi connectivity index (χ0) is 14.9. The molecule has 1 amide bonds. The second-order valence-electron chi connectivity index (χ2n) is 4.20. The first kappa shape index (κ1) is 14.7. The maximum absolute atomic E-state index is 13.6. The van der Waals surface area contributed by atoms with Gasteiger partial charge in [0.2, 0.25) is 0 Å². The van der Waals surface area contributed by atoms with Crippen molar-refractivity contribution in [2.75, 3.05) is 5.32 Å². The molecule has 2 aromatic carbocycles. The van der Waals surface area contributed by atoms with Crippen molar-refractivity contribution < 1.29 is 18.7 Å². The minimum atomic E-state index is -0.716. The molecule has 2 aromatic rings. The van der Waals surface area contributed by atoms with E-state index in [-0.39, 0.29) is 22.6 Å². The van der Waals surface area contributed by atoms with Gasteiger partial charge in [-0.25, -0.2) is 8.78 Å². The van der Waals surface area contributed by atoms with Crippen LogP contribution in [0.1, 0.15) is 15.9 Å². The molecule has 0 fully saturated rings. The molecule has 0 unspecified atom stereocenters. The van der Waals surface area contributed by atoms with Gasteiger partial charge in [0.05, 0.1) is 9.26 Å². The molecule has 104 valence electrons. The van der Waals surface area contributed by atoms with Crippen LogP contribution in [0.2, 0.25) is 0 Å². The summed E-state index contributed by atoms with van der Waals surface area (Å²) >= 11 is 1.91. The first-order valence-corrected chi connectivity index (χ1v) is 6.72. The highest BCUT2D eigenvalue weighted by Crippen LogP contribution is 2.23. The van der Waals surface area contributed by atoms with Gasteiger partial charge in [-0.1, -0.05) is 0 Å². The average molecular weight is 389 g/mol. The lowest BCUT2D eigenvalue weighted by molar-refractivity contribution is 0.102. The Hall–Kier alpha value is -1.70. The highest BCUT2D eigenvalue weighted by molar-refractivity contribution is 14.1. The normalized spacial score (nSPS) is 10.4. The number of aryl methyl sites for hydroxylation is 1. The Morgan fingerprint density at radius 3 is 2.55 bits per heavy atom. The lowest BCUT2D eigenvalue weighted by Gasteiger charge is -2.08. The number of hydrogen-bond acceptors (Lipinski definition) is 2. The molecular weight excluding hydrogens is 379 g/mol. The van der Waals surface area contributed by atoms with E-state index in [1.165, 1.54) is 19.1 Å². The summed E-state index contributed by atoms with van der Waals surface area (Å²) in [5.41, 5.74) is 0.0758. The van der Waals surface area contributed by atoms with Gasteiger partial charge in [-0.3, -0.25) is 4.79 Å². The van der Waals surface area contributed by atoms with E-state index in [9.17, 15) is 18.7 Å². The van der Waals surface area contributed by atoms with E-state index in [1.54, 1.807) is 6.07 Å². The van der Waals surface area contributed by atoms with Crippen LogP contribution in [-0.2, 0) is 0 Å². The molecule has 0 heterocycles. The van der Waals surface area contributed by atoms with Crippen LogP contribution < -0.4 is 5.32 Å². The molecule has 2 N–H and O–H groups in total. The summed E-state index contributed by atoms with van der Waals surface area (Å²) in [4.78, 5) is 11.9. The van der Waals surface area contributed by atoms with E-state index < -0.39 is 17.5 Å². The quantitative estimate of drug-likeness (QED) is 0.768. The third-order valence-corrected chi connectivity index (χ3v) is 3.62. The van der Waals surface area contributed by atoms with Crippen molar-refractivity contribution >= 4 is 34.2 Å². The largest absolute Gasteiger partial charge is 0.507 e. The summed E-state index contributed by atoms with van der Waals surface area (Å²) in [6.07, 6.45) is 0. The van der Waals surface area contributed by atoms with Crippen LogP contribution >= 0.6 is 22.6 Å². The molecule has 0 atom stereocenters. The zero-order valence-corrected chi connectivity index (χ0v) is 12.5. The van der Waals surface area contributed by atoms with Crippen LogP contribution in [0, 0.1) is 22.1 Å². The number of benzene rings is 2. The van der Waals surface area contributed by atoms with Crippen molar-refractivity contribution in [1.29, 1.82) is 0 Å². The van der Waals surface area contributed by atoms with Crippen molar-refractivity contribution in [2.45, 2.75) is 6.92 Å². The van der Waals surface area contributed by atoms with Crippen LogP contribution in [0.3, 0.4) is 0 Å². The summed E-state index contributed by atoms with van der Waals surface area (Å²) in [5.74, 6) is -1.99. The summed E-state index contributed by atoms with van der Waals surface area (Å²) in [6.45, 7) is 1.43. The summed E-state index contributed by atoms with van der Waals surface area (Å²) in [7, 11) is 0. The highest BCUT2D eigenvalue weighted by atomic mass is 127. The Morgan fingerprint density at radius 2 is 1.90 bits per heavy atom. The maximum atomic E-state index is 13.6. The van der Waals surface area contributed by atoms with E-state index in [2.05, 4.69) is 5.32 Å². The second kappa shape index (κ2) is 5.74. The third kappa shape index (κ3) is 3.06. The van der Waals surface area contributed by atoms with Gasteiger partial charge in [0.15, 0.2) is 0 Å². The average Bonchev–Trinajstić information content (AvgIpc) is 2.39. The smallest absolute Gasteiger partial charge is 0.255 e. The SMILES string of the molecule is Cc1cc(F)c(NC(=O)c2ccc(I)c(O)c2)cc1F. The molecule has 0 aromatic heterocycles. The Morgan fingerprint density at radius 1 is 1.20 bits per heavy atom. The van der Waals surface area contributed by atoms with E-state index in [0.717, 1.165) is 12.1 Å². The topological polar surface area (TPSA) is 49.3 Å². The van der Waals surface area contributed by atoms with E-state index in [4.69, 9.17) is 0 Å². The third-order valence-electron chi connectivity index (χ3n) is 2.70. The van der Waals surface area contributed by atoms with Crippen molar-refractivity contribution in [3.8, 4) is 5.75 Å². The molecule has 6 heteroatoms. The number of anilines is 1. The molecule has 0 aliphatic carbocycles. The molecule has 0 saturated carbocycles. The monoisotopic (exact) mass is 389 g/mol. The van der Waals surface area contributed by atoms with Crippen molar-refractivity contribution in [3.05, 3.63) is 56.7 Å². The number of rotatable bonds is 2. The van der Waals surface area contributed by atoms with E-state index in [0.29, 0.717) is 3.57 Å². The molecule has 0 spiro atoms. The number of aromatic hydroxyl groups is 1. The Labute approximate surface area is 127 Å². The number of halogens is 3. The zero-order valence-electron chi connectivity index (χ0n) is 10.4. The molecule has 0 bridgehead atoms.